The van der Waals surface area contributed by atoms with Gasteiger partial charge in [0, 0.05) is 0 Å². The smallest absolute Gasteiger partial charge is 0.416 e. The topological polar surface area (TPSA) is 75.6 Å². The molecule has 0 aliphatic heterocycles. The van der Waals surface area contributed by atoms with Gasteiger partial charge in [-0.15, -0.1) is 0 Å². The van der Waals surface area contributed by atoms with E-state index in [-0.39, 0.29) is 0 Å². The molecule has 0 aliphatic rings. The number of amides is 1. The number of rotatable bonds is 3. The molecule has 0 heterocycles. The Bertz CT molecular complexity index is 564. The van der Waals surface area contributed by atoms with Crippen LogP contribution >= 0.6 is 0 Å². The molecule has 0 radical (unpaired) electrons. The minimum atomic E-state index is -4.74. The molecule has 1 atom stereocenters. The lowest BCUT2D eigenvalue weighted by Gasteiger charge is -2.23. The molecule has 0 aliphatic carbocycles. The van der Waals surface area contributed by atoms with E-state index < -0.39 is 41.0 Å². The highest BCUT2D eigenvalue weighted by molar-refractivity contribution is 5.82. The molecule has 1 aromatic rings. The second-order valence-electron chi connectivity index (χ2n) is 5.50. The third kappa shape index (κ3) is 4.94. The van der Waals surface area contributed by atoms with Crippen LogP contribution in [0.15, 0.2) is 24.3 Å². The number of benzene rings is 1. The summed E-state index contributed by atoms with van der Waals surface area (Å²) in [5.41, 5.74) is -2.59. The van der Waals surface area contributed by atoms with Crippen LogP contribution in [-0.2, 0) is 15.7 Å². The van der Waals surface area contributed by atoms with Crippen LogP contribution in [0.25, 0.3) is 0 Å². The van der Waals surface area contributed by atoms with Gasteiger partial charge in [-0.3, -0.25) is 0 Å². The zero-order valence-corrected chi connectivity index (χ0v) is 12.2. The second-order valence-corrected chi connectivity index (χ2v) is 5.50. The van der Waals surface area contributed by atoms with E-state index in [9.17, 15) is 22.8 Å². The maximum atomic E-state index is 12.9. The van der Waals surface area contributed by atoms with Crippen LogP contribution in [0.1, 0.15) is 37.9 Å². The highest BCUT2D eigenvalue weighted by Crippen LogP contribution is 2.34. The van der Waals surface area contributed by atoms with Crippen LogP contribution in [0.2, 0.25) is 0 Å². The monoisotopic (exact) mass is 319 g/mol. The summed E-state index contributed by atoms with van der Waals surface area (Å²) in [6.07, 6.45) is -5.85. The fraction of sp³-hybridized carbons (Fsp3) is 0.429. The number of carbonyl (C=O) groups excluding carboxylic acids is 1. The molecule has 0 saturated carbocycles. The number of carboxylic acids is 1. The predicted molar refractivity (Wildman–Crippen MR) is 71.2 cm³/mol. The van der Waals surface area contributed by atoms with Crippen molar-refractivity contribution in [1.29, 1.82) is 0 Å². The van der Waals surface area contributed by atoms with E-state index in [2.05, 4.69) is 0 Å². The van der Waals surface area contributed by atoms with Gasteiger partial charge in [-0.05, 0) is 32.4 Å². The Morgan fingerprint density at radius 1 is 1.18 bits per heavy atom. The fourth-order valence-electron chi connectivity index (χ4n) is 1.70. The zero-order valence-electron chi connectivity index (χ0n) is 12.2. The molecule has 1 amide bonds. The Morgan fingerprint density at radius 2 is 1.73 bits per heavy atom. The van der Waals surface area contributed by atoms with Gasteiger partial charge in [0.2, 0.25) is 0 Å². The number of carbonyl (C=O) groups is 2. The van der Waals surface area contributed by atoms with Crippen molar-refractivity contribution in [2.24, 2.45) is 0 Å². The summed E-state index contributed by atoms with van der Waals surface area (Å²) in [6, 6.07) is 2.28. The van der Waals surface area contributed by atoms with Crippen molar-refractivity contribution in [2.45, 2.75) is 38.6 Å². The van der Waals surface area contributed by atoms with Crippen molar-refractivity contribution in [2.75, 3.05) is 0 Å². The highest BCUT2D eigenvalue weighted by atomic mass is 19.4. The number of alkyl halides is 3. The van der Waals surface area contributed by atoms with Crippen molar-refractivity contribution in [1.82, 2.24) is 5.32 Å². The van der Waals surface area contributed by atoms with Gasteiger partial charge in [-0.1, -0.05) is 18.2 Å². The molecule has 22 heavy (non-hydrogen) atoms. The number of halogens is 3. The third-order valence-corrected chi connectivity index (χ3v) is 2.49. The number of ether oxygens (including phenoxy) is 1. The maximum Gasteiger partial charge on any atom is 0.416 e. The molecule has 0 aromatic heterocycles. The van der Waals surface area contributed by atoms with Gasteiger partial charge >= 0.3 is 18.2 Å². The van der Waals surface area contributed by atoms with E-state index >= 15 is 0 Å². The molecular formula is C14H16F3NO4. The number of nitrogens with one attached hydrogen (secondary N) is 1. The summed E-state index contributed by atoms with van der Waals surface area (Å²) in [5, 5.41) is 11.1. The Labute approximate surface area is 125 Å². The van der Waals surface area contributed by atoms with Crippen LogP contribution in [0.4, 0.5) is 18.0 Å². The molecule has 5 nitrogen and oxygen atoms in total. The van der Waals surface area contributed by atoms with Crippen LogP contribution in [0.5, 0.6) is 0 Å². The van der Waals surface area contributed by atoms with E-state index in [4.69, 9.17) is 9.84 Å². The minimum absolute atomic E-state index is 0.562. The van der Waals surface area contributed by atoms with Gasteiger partial charge in [0.1, 0.15) is 5.60 Å². The van der Waals surface area contributed by atoms with Crippen LogP contribution < -0.4 is 5.32 Å². The van der Waals surface area contributed by atoms with E-state index in [0.29, 0.717) is 0 Å². The van der Waals surface area contributed by atoms with Crippen LogP contribution in [-0.4, -0.2) is 22.8 Å². The lowest BCUT2D eigenvalue weighted by Crippen LogP contribution is -2.38. The Morgan fingerprint density at radius 3 is 2.18 bits per heavy atom. The van der Waals surface area contributed by atoms with Gasteiger partial charge in [-0.25, -0.2) is 9.59 Å². The lowest BCUT2D eigenvalue weighted by molar-refractivity contribution is -0.142. The molecule has 8 heteroatoms. The molecule has 0 bridgehead atoms. The Balaban J connectivity index is 3.13. The van der Waals surface area contributed by atoms with E-state index in [1.165, 1.54) is 6.07 Å². The Kier molecular flexibility index (Phi) is 5.05. The van der Waals surface area contributed by atoms with Crippen LogP contribution in [0, 0.1) is 0 Å². The molecule has 0 fully saturated rings. The SMILES string of the molecule is CC(C)(C)OC(=O)NC(C(=O)O)c1ccccc1C(F)(F)F. The molecule has 0 saturated heterocycles. The zero-order chi connectivity index (χ0) is 17.1. The first-order valence-electron chi connectivity index (χ1n) is 6.30. The molecule has 2 N–H and O–H groups in total. The van der Waals surface area contributed by atoms with Gasteiger partial charge in [-0.2, -0.15) is 13.2 Å². The van der Waals surface area contributed by atoms with E-state index in [1.807, 2.05) is 5.32 Å². The first-order chi connectivity index (χ1) is 9.92. The average molecular weight is 319 g/mol. The van der Waals surface area contributed by atoms with Gasteiger partial charge in [0.15, 0.2) is 6.04 Å². The molecule has 1 unspecified atom stereocenters. The van der Waals surface area contributed by atoms with E-state index in [0.717, 1.165) is 18.2 Å². The van der Waals surface area contributed by atoms with Gasteiger partial charge in [0.25, 0.3) is 0 Å². The summed E-state index contributed by atoms with van der Waals surface area (Å²) in [5.74, 6) is -1.62. The first kappa shape index (κ1) is 17.8. The molecule has 1 rings (SSSR count). The van der Waals surface area contributed by atoms with Crippen molar-refractivity contribution < 1.29 is 32.6 Å². The normalized spacial score (nSPS) is 13.4. The first-order valence-corrected chi connectivity index (χ1v) is 6.30. The summed E-state index contributed by atoms with van der Waals surface area (Å²) in [4.78, 5) is 22.9. The fourth-order valence-corrected chi connectivity index (χ4v) is 1.70. The average Bonchev–Trinajstić information content (AvgIpc) is 2.32. The Hall–Kier alpha value is -2.25. The van der Waals surface area contributed by atoms with Crippen molar-refractivity contribution in [3.8, 4) is 0 Å². The van der Waals surface area contributed by atoms with Crippen molar-refractivity contribution in [3.05, 3.63) is 35.4 Å². The summed E-state index contributed by atoms with van der Waals surface area (Å²) in [7, 11) is 0. The summed E-state index contributed by atoms with van der Waals surface area (Å²) < 4.78 is 43.7. The quantitative estimate of drug-likeness (QED) is 0.896. The number of alkyl carbamates (subject to hydrolysis) is 1. The largest absolute Gasteiger partial charge is 0.479 e. The molecular weight excluding hydrogens is 303 g/mol. The van der Waals surface area contributed by atoms with E-state index in [1.54, 1.807) is 20.8 Å². The number of aliphatic carboxylic acids is 1. The number of hydrogen-bond acceptors (Lipinski definition) is 3. The number of hydrogen-bond donors (Lipinski definition) is 2. The van der Waals surface area contributed by atoms with Gasteiger partial charge in [0.05, 0.1) is 5.56 Å². The summed E-state index contributed by atoms with van der Waals surface area (Å²) in [6.45, 7) is 4.64. The predicted octanol–water partition coefficient (Wildman–Crippen LogP) is 3.36. The maximum absolute atomic E-state index is 12.9. The van der Waals surface area contributed by atoms with Crippen LogP contribution in [0.3, 0.4) is 0 Å². The molecule has 0 spiro atoms. The minimum Gasteiger partial charge on any atom is -0.479 e. The van der Waals surface area contributed by atoms with Gasteiger partial charge < -0.3 is 15.2 Å². The second kappa shape index (κ2) is 6.25. The molecule has 1 aromatic carbocycles. The summed E-state index contributed by atoms with van der Waals surface area (Å²) >= 11 is 0. The molecule has 122 valence electrons. The highest BCUT2D eigenvalue weighted by Gasteiger charge is 2.37. The van der Waals surface area contributed by atoms with Crippen molar-refractivity contribution in [3.63, 3.8) is 0 Å². The number of carboxylic acid groups (broad SMARTS) is 1. The standard InChI is InChI=1S/C14H16F3NO4/c1-13(2,3)22-12(21)18-10(11(19)20)8-6-4-5-7-9(8)14(15,16)17/h4-7,10H,1-3H3,(H,18,21)(H,19,20). The van der Waals surface area contributed by atoms with Crippen molar-refractivity contribution >= 4 is 12.1 Å². The lowest BCUT2D eigenvalue weighted by atomic mass is 10.00. The third-order valence-electron chi connectivity index (χ3n) is 2.49.